The fourth-order valence-corrected chi connectivity index (χ4v) is 4.06. The molecule has 0 saturated carbocycles. The molecule has 3 aromatic carbocycles. The number of carboxylic acid groups (broad SMARTS) is 1. The number of hydrogen-bond donors (Lipinski definition) is 5. The van der Waals surface area contributed by atoms with E-state index in [4.69, 9.17) is 11.5 Å². The monoisotopic (exact) mass is 474 g/mol. The van der Waals surface area contributed by atoms with Crippen LogP contribution in [0.4, 0.5) is 4.39 Å². The molecule has 0 aliphatic rings. The van der Waals surface area contributed by atoms with Crippen LogP contribution in [0.25, 0.3) is 33.2 Å². The van der Waals surface area contributed by atoms with Gasteiger partial charge in [-0.25, -0.2) is 9.18 Å². The number of rotatable bonds is 9. The number of fused-ring (bicyclic) bond motifs is 1. The SMILES string of the molecule is NCCCC(N)CNC(=O)c1[nH]c2cc(-c3ccc(F)cc3)ccc2c1-c1ccc(C(=O)O)cc1. The Labute approximate surface area is 202 Å². The highest BCUT2D eigenvalue weighted by atomic mass is 19.1. The van der Waals surface area contributed by atoms with E-state index in [1.807, 2.05) is 18.2 Å². The van der Waals surface area contributed by atoms with Crippen LogP contribution in [0, 0.1) is 5.82 Å². The van der Waals surface area contributed by atoms with Crippen molar-refractivity contribution in [2.75, 3.05) is 13.1 Å². The molecule has 1 amide bonds. The Kier molecular flexibility index (Phi) is 7.24. The number of benzene rings is 3. The minimum atomic E-state index is -1.02. The molecule has 180 valence electrons. The van der Waals surface area contributed by atoms with Crippen molar-refractivity contribution >= 4 is 22.8 Å². The highest BCUT2D eigenvalue weighted by Crippen LogP contribution is 2.35. The van der Waals surface area contributed by atoms with E-state index in [0.717, 1.165) is 28.5 Å². The zero-order chi connectivity index (χ0) is 24.9. The first-order chi connectivity index (χ1) is 16.9. The number of carbonyl (C=O) groups is 2. The summed E-state index contributed by atoms with van der Waals surface area (Å²) in [6, 6.07) is 18.1. The molecule has 1 atom stereocenters. The van der Waals surface area contributed by atoms with Crippen molar-refractivity contribution < 1.29 is 19.1 Å². The maximum absolute atomic E-state index is 13.4. The number of amides is 1. The molecule has 0 aliphatic heterocycles. The average Bonchev–Trinajstić information content (AvgIpc) is 3.25. The van der Waals surface area contributed by atoms with Gasteiger partial charge in [-0.15, -0.1) is 0 Å². The number of nitrogens with two attached hydrogens (primary N) is 2. The zero-order valence-electron chi connectivity index (χ0n) is 19.1. The lowest BCUT2D eigenvalue weighted by Crippen LogP contribution is -2.37. The first-order valence-electron chi connectivity index (χ1n) is 11.4. The Hall–Kier alpha value is -4.01. The molecule has 8 heteroatoms. The molecule has 1 aromatic heterocycles. The van der Waals surface area contributed by atoms with Gasteiger partial charge in [0.2, 0.25) is 0 Å². The van der Waals surface area contributed by atoms with Gasteiger partial charge in [-0.3, -0.25) is 4.79 Å². The molecule has 1 heterocycles. The summed E-state index contributed by atoms with van der Waals surface area (Å²) < 4.78 is 13.4. The van der Waals surface area contributed by atoms with Crippen molar-refractivity contribution in [3.8, 4) is 22.3 Å². The molecule has 0 saturated heterocycles. The fraction of sp³-hybridized carbons (Fsp3) is 0.185. The van der Waals surface area contributed by atoms with Gasteiger partial charge in [0.15, 0.2) is 0 Å². The number of H-pyrrole nitrogens is 1. The summed E-state index contributed by atoms with van der Waals surface area (Å²) in [4.78, 5) is 27.7. The van der Waals surface area contributed by atoms with Gasteiger partial charge in [-0.1, -0.05) is 36.4 Å². The van der Waals surface area contributed by atoms with E-state index < -0.39 is 5.97 Å². The van der Waals surface area contributed by atoms with E-state index in [0.29, 0.717) is 36.3 Å². The van der Waals surface area contributed by atoms with Crippen molar-refractivity contribution in [1.82, 2.24) is 10.3 Å². The van der Waals surface area contributed by atoms with E-state index >= 15 is 0 Å². The van der Waals surface area contributed by atoms with Crippen LogP contribution in [0.15, 0.2) is 66.7 Å². The highest BCUT2D eigenvalue weighted by Gasteiger charge is 2.20. The number of carbonyl (C=O) groups excluding carboxylic acids is 1. The third-order valence-corrected chi connectivity index (χ3v) is 5.93. The van der Waals surface area contributed by atoms with E-state index in [9.17, 15) is 19.1 Å². The number of hydrogen-bond acceptors (Lipinski definition) is 4. The van der Waals surface area contributed by atoms with Crippen molar-refractivity contribution in [3.05, 3.63) is 83.8 Å². The molecule has 7 nitrogen and oxygen atoms in total. The van der Waals surface area contributed by atoms with Crippen molar-refractivity contribution in [2.45, 2.75) is 18.9 Å². The van der Waals surface area contributed by atoms with E-state index in [2.05, 4.69) is 10.3 Å². The third kappa shape index (κ3) is 5.40. The Bertz CT molecular complexity index is 1350. The second-order valence-electron chi connectivity index (χ2n) is 8.43. The van der Waals surface area contributed by atoms with Gasteiger partial charge in [0.25, 0.3) is 5.91 Å². The molecule has 0 aliphatic carbocycles. The van der Waals surface area contributed by atoms with Crippen LogP contribution in [0.2, 0.25) is 0 Å². The van der Waals surface area contributed by atoms with Crippen molar-refractivity contribution in [1.29, 1.82) is 0 Å². The van der Waals surface area contributed by atoms with Gasteiger partial charge in [0.1, 0.15) is 11.5 Å². The van der Waals surface area contributed by atoms with E-state index in [1.54, 1.807) is 24.3 Å². The van der Waals surface area contributed by atoms with E-state index in [-0.39, 0.29) is 23.3 Å². The quantitative estimate of drug-likeness (QED) is 0.249. The molecule has 0 radical (unpaired) electrons. The van der Waals surface area contributed by atoms with Crippen LogP contribution in [-0.2, 0) is 0 Å². The van der Waals surface area contributed by atoms with Crippen LogP contribution in [0.3, 0.4) is 0 Å². The summed E-state index contributed by atoms with van der Waals surface area (Å²) in [6.07, 6.45) is 1.48. The normalized spacial score (nSPS) is 12.0. The Morgan fingerprint density at radius 2 is 1.63 bits per heavy atom. The number of carboxylic acids is 1. The maximum Gasteiger partial charge on any atom is 0.335 e. The molecular weight excluding hydrogens is 447 g/mol. The number of halogens is 1. The van der Waals surface area contributed by atoms with Gasteiger partial charge < -0.3 is 26.9 Å². The minimum absolute atomic E-state index is 0.157. The second-order valence-corrected chi connectivity index (χ2v) is 8.43. The van der Waals surface area contributed by atoms with Crippen molar-refractivity contribution in [2.24, 2.45) is 11.5 Å². The highest BCUT2D eigenvalue weighted by molar-refractivity contribution is 6.10. The topological polar surface area (TPSA) is 134 Å². The number of aromatic amines is 1. The van der Waals surface area contributed by atoms with Crippen LogP contribution in [0.1, 0.15) is 33.7 Å². The summed E-state index contributed by atoms with van der Waals surface area (Å²) in [5.74, 6) is -1.65. The van der Waals surface area contributed by atoms with Crippen LogP contribution >= 0.6 is 0 Å². The number of aromatic carboxylic acids is 1. The fourth-order valence-electron chi connectivity index (χ4n) is 4.06. The lowest BCUT2D eigenvalue weighted by atomic mass is 9.98. The largest absolute Gasteiger partial charge is 0.478 e. The molecule has 7 N–H and O–H groups in total. The van der Waals surface area contributed by atoms with Crippen LogP contribution in [0.5, 0.6) is 0 Å². The third-order valence-electron chi connectivity index (χ3n) is 5.93. The van der Waals surface area contributed by atoms with E-state index in [1.165, 1.54) is 24.3 Å². The molecule has 4 aromatic rings. The first kappa shape index (κ1) is 24.1. The Morgan fingerprint density at radius 3 is 2.29 bits per heavy atom. The maximum atomic E-state index is 13.4. The van der Waals surface area contributed by atoms with Gasteiger partial charge in [-0.05, 0) is 66.4 Å². The Morgan fingerprint density at radius 1 is 0.971 bits per heavy atom. The average molecular weight is 475 g/mol. The molecule has 35 heavy (non-hydrogen) atoms. The molecule has 4 rings (SSSR count). The van der Waals surface area contributed by atoms with Gasteiger partial charge in [0, 0.05) is 29.1 Å². The van der Waals surface area contributed by atoms with Gasteiger partial charge >= 0.3 is 5.97 Å². The summed E-state index contributed by atoms with van der Waals surface area (Å²) in [7, 11) is 0. The summed E-state index contributed by atoms with van der Waals surface area (Å²) in [5.41, 5.74) is 15.9. The van der Waals surface area contributed by atoms with Gasteiger partial charge in [0.05, 0.1) is 5.56 Å². The van der Waals surface area contributed by atoms with Crippen molar-refractivity contribution in [3.63, 3.8) is 0 Å². The predicted molar refractivity (Wildman–Crippen MR) is 135 cm³/mol. The molecule has 0 fully saturated rings. The first-order valence-corrected chi connectivity index (χ1v) is 11.4. The van der Waals surface area contributed by atoms with Crippen LogP contribution < -0.4 is 16.8 Å². The summed E-state index contributed by atoms with van der Waals surface area (Å²) >= 11 is 0. The predicted octanol–water partition coefficient (Wildman–Crippen LogP) is 4.14. The molecular formula is C27H27FN4O3. The second kappa shape index (κ2) is 10.5. The lowest BCUT2D eigenvalue weighted by Gasteiger charge is -2.12. The van der Waals surface area contributed by atoms with Gasteiger partial charge in [-0.2, -0.15) is 0 Å². The summed E-state index contributed by atoms with van der Waals surface area (Å²) in [6.45, 7) is 0.836. The minimum Gasteiger partial charge on any atom is -0.478 e. The molecule has 0 spiro atoms. The van der Waals surface area contributed by atoms with Crippen LogP contribution in [-0.4, -0.2) is 41.1 Å². The zero-order valence-corrected chi connectivity index (χ0v) is 19.1. The number of nitrogens with one attached hydrogen (secondary N) is 2. The standard InChI is InChI=1S/C27H27FN4O3/c28-20-10-7-16(8-11-20)19-9-12-22-23(14-19)32-25(26(33)31-15-21(30)2-1-13-29)24(22)17-3-5-18(6-4-17)27(34)35/h3-12,14,21,32H,1-2,13,15,29-30H2,(H,31,33)(H,34,35). The number of aromatic nitrogens is 1. The smallest absolute Gasteiger partial charge is 0.335 e. The lowest BCUT2D eigenvalue weighted by molar-refractivity contribution is 0.0696. The Balaban J connectivity index is 1.74. The molecule has 1 unspecified atom stereocenters. The summed E-state index contributed by atoms with van der Waals surface area (Å²) in [5, 5.41) is 12.9. The molecule has 0 bridgehead atoms.